The highest BCUT2D eigenvalue weighted by atomic mass is 19.1. The molecule has 136 valence electrons. The van der Waals surface area contributed by atoms with E-state index in [2.05, 4.69) is 10.6 Å². The number of carbonyl (C=O) groups excluding carboxylic acids is 2. The zero-order chi connectivity index (χ0) is 17.7. The topological polar surface area (TPSA) is 58.2 Å². The molecule has 2 fully saturated rings. The van der Waals surface area contributed by atoms with Crippen LogP contribution in [0.4, 0.5) is 4.39 Å². The van der Waals surface area contributed by atoms with Gasteiger partial charge >= 0.3 is 0 Å². The van der Waals surface area contributed by atoms with Gasteiger partial charge in [-0.2, -0.15) is 0 Å². The molecule has 0 aromatic heterocycles. The van der Waals surface area contributed by atoms with E-state index in [9.17, 15) is 14.0 Å². The minimum atomic E-state index is -0.852. The van der Waals surface area contributed by atoms with Crippen LogP contribution in [0, 0.1) is 11.2 Å². The first-order valence-corrected chi connectivity index (χ1v) is 9.44. The van der Waals surface area contributed by atoms with Crippen molar-refractivity contribution in [2.75, 3.05) is 6.54 Å². The Labute approximate surface area is 148 Å². The molecule has 2 amide bonds. The summed E-state index contributed by atoms with van der Waals surface area (Å²) in [6, 6.07) is 6.49. The molecular weight excluding hydrogens is 319 g/mol. The lowest BCUT2D eigenvalue weighted by Crippen LogP contribution is -2.46. The maximum atomic E-state index is 12.9. The number of nitrogens with one attached hydrogen (secondary N) is 2. The Hall–Kier alpha value is -1.91. The Balaban J connectivity index is 1.47. The first kappa shape index (κ1) is 17.9. The molecule has 0 saturated heterocycles. The molecule has 1 aromatic rings. The summed E-state index contributed by atoms with van der Waals surface area (Å²) in [5, 5.41) is 6.00. The van der Waals surface area contributed by atoms with Gasteiger partial charge in [-0.05, 0) is 49.8 Å². The van der Waals surface area contributed by atoms with Crippen molar-refractivity contribution in [3.8, 4) is 0 Å². The molecule has 2 N–H and O–H groups in total. The van der Waals surface area contributed by atoms with Gasteiger partial charge in [-0.1, -0.05) is 37.8 Å². The maximum absolute atomic E-state index is 12.9. The van der Waals surface area contributed by atoms with Crippen molar-refractivity contribution in [3.63, 3.8) is 0 Å². The van der Waals surface area contributed by atoms with Gasteiger partial charge in [0.2, 0.25) is 11.8 Å². The molecule has 3 rings (SSSR count). The molecule has 0 heterocycles. The Bertz CT molecular complexity index is 603. The fourth-order valence-electron chi connectivity index (χ4n) is 3.57. The van der Waals surface area contributed by atoms with Gasteiger partial charge in [0, 0.05) is 12.6 Å². The first-order chi connectivity index (χ1) is 12.1. The zero-order valence-electron chi connectivity index (χ0n) is 14.7. The Morgan fingerprint density at radius 1 is 1.00 bits per heavy atom. The van der Waals surface area contributed by atoms with Gasteiger partial charge in [0.15, 0.2) is 0 Å². The summed E-state index contributed by atoms with van der Waals surface area (Å²) < 4.78 is 12.9. The summed E-state index contributed by atoms with van der Waals surface area (Å²) in [7, 11) is 0. The smallest absolute Gasteiger partial charge is 0.235 e. The average Bonchev–Trinajstić information content (AvgIpc) is 3.42. The van der Waals surface area contributed by atoms with Crippen molar-refractivity contribution in [2.45, 2.75) is 63.8 Å². The Kier molecular flexibility index (Phi) is 5.71. The van der Waals surface area contributed by atoms with Gasteiger partial charge < -0.3 is 10.6 Å². The van der Waals surface area contributed by atoms with Gasteiger partial charge in [0.1, 0.15) is 11.2 Å². The van der Waals surface area contributed by atoms with Crippen LogP contribution in [-0.4, -0.2) is 24.4 Å². The predicted molar refractivity (Wildman–Crippen MR) is 94.4 cm³/mol. The van der Waals surface area contributed by atoms with Crippen molar-refractivity contribution in [1.82, 2.24) is 10.6 Å². The molecule has 2 saturated carbocycles. The van der Waals surface area contributed by atoms with Crippen LogP contribution in [0.15, 0.2) is 24.3 Å². The lowest BCUT2D eigenvalue weighted by atomic mass is 10.0. The lowest BCUT2D eigenvalue weighted by Gasteiger charge is -2.21. The minimum Gasteiger partial charge on any atom is -0.355 e. The van der Waals surface area contributed by atoms with Gasteiger partial charge in [0.05, 0.1) is 0 Å². The predicted octanol–water partition coefficient (Wildman–Crippen LogP) is 3.10. The second-order valence-corrected chi connectivity index (χ2v) is 7.38. The molecule has 1 aromatic carbocycles. The SMILES string of the molecule is O=C(NCCc1ccc(F)cc1)C1(C(=O)NC2CCCCCC2)CC1. The van der Waals surface area contributed by atoms with Crippen LogP contribution in [0.25, 0.3) is 0 Å². The number of hydrogen-bond acceptors (Lipinski definition) is 2. The van der Waals surface area contributed by atoms with E-state index in [-0.39, 0.29) is 23.7 Å². The quantitative estimate of drug-likeness (QED) is 0.614. The van der Waals surface area contributed by atoms with E-state index in [1.165, 1.54) is 25.0 Å². The molecule has 25 heavy (non-hydrogen) atoms. The van der Waals surface area contributed by atoms with Crippen LogP contribution in [0.2, 0.25) is 0 Å². The molecule has 0 aliphatic heterocycles. The average molecular weight is 346 g/mol. The molecule has 2 aliphatic rings. The standard InChI is InChI=1S/C20H27FN2O2/c21-16-9-7-15(8-10-16)11-14-22-18(24)20(12-13-20)19(25)23-17-5-3-1-2-4-6-17/h7-10,17H,1-6,11-14H2,(H,22,24)(H,23,25). The van der Waals surface area contributed by atoms with Gasteiger partial charge in [-0.15, -0.1) is 0 Å². The zero-order valence-corrected chi connectivity index (χ0v) is 14.7. The first-order valence-electron chi connectivity index (χ1n) is 9.44. The Morgan fingerprint density at radius 3 is 2.24 bits per heavy atom. The van der Waals surface area contributed by atoms with Crippen LogP contribution < -0.4 is 10.6 Å². The summed E-state index contributed by atoms with van der Waals surface area (Å²) in [5.41, 5.74) is 0.115. The summed E-state index contributed by atoms with van der Waals surface area (Å²) in [6.45, 7) is 0.461. The third kappa shape index (κ3) is 4.59. The fourth-order valence-corrected chi connectivity index (χ4v) is 3.57. The van der Waals surface area contributed by atoms with E-state index < -0.39 is 5.41 Å². The van der Waals surface area contributed by atoms with Crippen LogP contribution in [0.3, 0.4) is 0 Å². The summed E-state index contributed by atoms with van der Waals surface area (Å²) >= 11 is 0. The number of amides is 2. The maximum Gasteiger partial charge on any atom is 0.235 e. The molecule has 0 radical (unpaired) electrons. The summed E-state index contributed by atoms with van der Waals surface area (Å²) in [5.74, 6) is -0.528. The Morgan fingerprint density at radius 2 is 1.64 bits per heavy atom. The number of benzene rings is 1. The molecule has 5 heteroatoms. The normalized spacial score (nSPS) is 19.7. The van der Waals surface area contributed by atoms with Crippen LogP contribution in [0.5, 0.6) is 0 Å². The van der Waals surface area contributed by atoms with Crippen molar-refractivity contribution in [3.05, 3.63) is 35.6 Å². The van der Waals surface area contributed by atoms with E-state index in [0.717, 1.165) is 31.2 Å². The van der Waals surface area contributed by atoms with E-state index in [1.807, 2.05) is 0 Å². The van der Waals surface area contributed by atoms with Gasteiger partial charge in [-0.25, -0.2) is 4.39 Å². The van der Waals surface area contributed by atoms with Crippen molar-refractivity contribution >= 4 is 11.8 Å². The number of rotatable bonds is 6. The van der Waals surface area contributed by atoms with Crippen molar-refractivity contribution < 1.29 is 14.0 Å². The van der Waals surface area contributed by atoms with E-state index in [4.69, 9.17) is 0 Å². The number of carbonyl (C=O) groups is 2. The van der Waals surface area contributed by atoms with Crippen LogP contribution in [0.1, 0.15) is 56.9 Å². The second-order valence-electron chi connectivity index (χ2n) is 7.38. The second kappa shape index (κ2) is 7.98. The molecule has 0 atom stereocenters. The molecule has 0 spiro atoms. The van der Waals surface area contributed by atoms with Crippen LogP contribution in [-0.2, 0) is 16.0 Å². The summed E-state index contributed by atoms with van der Waals surface area (Å²) in [4.78, 5) is 25.1. The fraction of sp³-hybridized carbons (Fsp3) is 0.600. The van der Waals surface area contributed by atoms with E-state index in [1.54, 1.807) is 12.1 Å². The number of hydrogen-bond donors (Lipinski definition) is 2. The van der Waals surface area contributed by atoms with Crippen LogP contribution >= 0.6 is 0 Å². The molecular formula is C20H27FN2O2. The minimum absolute atomic E-state index is 0.0984. The third-order valence-electron chi connectivity index (χ3n) is 5.42. The highest BCUT2D eigenvalue weighted by Gasteiger charge is 2.56. The van der Waals surface area contributed by atoms with Gasteiger partial charge in [0.25, 0.3) is 0 Å². The number of halogens is 1. The third-order valence-corrected chi connectivity index (χ3v) is 5.42. The molecule has 0 bridgehead atoms. The molecule has 0 unspecified atom stereocenters. The van der Waals surface area contributed by atoms with Gasteiger partial charge in [-0.3, -0.25) is 9.59 Å². The highest BCUT2D eigenvalue weighted by Crippen LogP contribution is 2.46. The highest BCUT2D eigenvalue weighted by molar-refractivity contribution is 6.07. The van der Waals surface area contributed by atoms with Crippen molar-refractivity contribution in [2.24, 2.45) is 5.41 Å². The van der Waals surface area contributed by atoms with E-state index in [0.29, 0.717) is 25.8 Å². The molecule has 4 nitrogen and oxygen atoms in total. The lowest BCUT2D eigenvalue weighted by molar-refractivity contribution is -0.137. The molecule has 2 aliphatic carbocycles. The largest absolute Gasteiger partial charge is 0.355 e. The summed E-state index contributed by atoms with van der Waals surface area (Å²) in [6.07, 6.45) is 8.72. The monoisotopic (exact) mass is 346 g/mol. The van der Waals surface area contributed by atoms with Crippen molar-refractivity contribution in [1.29, 1.82) is 0 Å². The van der Waals surface area contributed by atoms with E-state index >= 15 is 0 Å².